The maximum Gasteiger partial charge on any atom is 0.320 e. The van der Waals surface area contributed by atoms with Crippen LogP contribution in [0, 0.1) is 0 Å². The van der Waals surface area contributed by atoms with E-state index in [0.29, 0.717) is 0 Å². The zero-order valence-electron chi connectivity index (χ0n) is 5.82. The quantitative estimate of drug-likeness (QED) is 0.544. The van der Waals surface area contributed by atoms with Crippen molar-refractivity contribution >= 4 is 5.97 Å². The highest BCUT2D eigenvalue weighted by atomic mass is 16.4. The van der Waals surface area contributed by atoms with E-state index in [1.807, 2.05) is 0 Å². The molecule has 1 aromatic heterocycles. The van der Waals surface area contributed by atoms with Crippen molar-refractivity contribution in [3.63, 3.8) is 0 Å². The molecule has 0 aliphatic carbocycles. The summed E-state index contributed by atoms with van der Waals surface area (Å²) in [6, 6.07) is -0.851. The summed E-state index contributed by atoms with van der Waals surface area (Å²) in [5.41, 5.74) is 6.00. The van der Waals surface area contributed by atoms with Crippen LogP contribution in [0.2, 0.25) is 0 Å². The molecular weight excluding hydrogens is 148 g/mol. The molecule has 0 aromatic carbocycles. The average Bonchev–Trinajstić information content (AvgIpc) is 2.39. The number of aromatic amines is 1. The third kappa shape index (κ3) is 2.05. The summed E-state index contributed by atoms with van der Waals surface area (Å²) < 4.78 is 0. The minimum atomic E-state index is -1.00. The van der Waals surface area contributed by atoms with Crippen LogP contribution < -0.4 is 5.73 Å². The van der Waals surface area contributed by atoms with Crippen LogP contribution in [0.1, 0.15) is 5.69 Å². The van der Waals surface area contributed by atoms with Crippen LogP contribution in [-0.4, -0.2) is 27.1 Å². The number of aromatic nitrogens is 2. The molecule has 1 aromatic rings. The number of nitrogens with two attached hydrogens (primary N) is 1. The van der Waals surface area contributed by atoms with E-state index in [1.54, 1.807) is 6.20 Å². The standard InChI is InChI=1S/C6H9N3O2/c7-5(6(10)11)1-4-2-8-3-9-4/h2-3,5H,1,7H2,(H,8,9)(H,10,11)/i8+1,9+1. The number of aliphatic carboxylic acids is 1. The number of carbonyl (C=O) groups is 1. The van der Waals surface area contributed by atoms with Gasteiger partial charge in [0.05, 0.1) is 6.33 Å². The van der Waals surface area contributed by atoms with Gasteiger partial charge in [0, 0.05) is 18.3 Å². The molecule has 0 saturated carbocycles. The lowest BCUT2D eigenvalue weighted by Crippen LogP contribution is -2.32. The molecule has 0 bridgehead atoms. The number of H-pyrrole nitrogens is 1. The first kappa shape index (κ1) is 7.74. The second-order valence-corrected chi connectivity index (χ2v) is 2.23. The molecule has 0 fully saturated rings. The van der Waals surface area contributed by atoms with Crippen LogP contribution in [0.5, 0.6) is 0 Å². The van der Waals surface area contributed by atoms with Gasteiger partial charge < -0.3 is 15.8 Å². The van der Waals surface area contributed by atoms with Gasteiger partial charge in [-0.25, -0.2) is 4.98 Å². The smallest absolute Gasteiger partial charge is 0.320 e. The van der Waals surface area contributed by atoms with E-state index in [-0.39, 0.29) is 6.42 Å². The molecule has 60 valence electrons. The number of imidazole rings is 1. The zero-order valence-corrected chi connectivity index (χ0v) is 5.82. The first-order valence-electron chi connectivity index (χ1n) is 3.16. The van der Waals surface area contributed by atoms with E-state index < -0.39 is 12.0 Å². The second kappa shape index (κ2) is 3.16. The third-order valence-electron chi connectivity index (χ3n) is 1.31. The predicted octanol–water partition coefficient (Wildman–Crippen LogP) is -0.636. The predicted molar refractivity (Wildman–Crippen MR) is 37.9 cm³/mol. The van der Waals surface area contributed by atoms with E-state index in [0.717, 1.165) is 5.69 Å². The molecule has 0 saturated heterocycles. The minimum Gasteiger partial charge on any atom is -0.480 e. The summed E-state index contributed by atoms with van der Waals surface area (Å²) in [6.45, 7) is 0. The summed E-state index contributed by atoms with van der Waals surface area (Å²) in [5, 5.41) is 8.42. The summed E-state index contributed by atoms with van der Waals surface area (Å²) in [4.78, 5) is 16.8. The fourth-order valence-corrected chi connectivity index (χ4v) is 0.721. The summed E-state index contributed by atoms with van der Waals surface area (Å²) in [6.07, 6.45) is 3.34. The lowest BCUT2D eigenvalue weighted by molar-refractivity contribution is -0.138. The number of hydrogen-bond acceptors (Lipinski definition) is 3. The first-order valence-corrected chi connectivity index (χ1v) is 3.16. The van der Waals surface area contributed by atoms with Gasteiger partial charge in [0.25, 0.3) is 0 Å². The number of nitrogens with zero attached hydrogens (tertiary/aromatic N) is 1. The van der Waals surface area contributed by atoms with Gasteiger partial charge in [-0.05, 0) is 0 Å². The maximum atomic E-state index is 10.3. The Balaban J connectivity index is 2.50. The summed E-state index contributed by atoms with van der Waals surface area (Å²) in [7, 11) is 0. The Morgan fingerprint density at radius 1 is 1.91 bits per heavy atom. The minimum absolute atomic E-state index is 0.287. The lowest BCUT2D eigenvalue weighted by Gasteiger charge is -2.02. The van der Waals surface area contributed by atoms with Gasteiger partial charge in [-0.3, -0.25) is 4.79 Å². The molecule has 1 unspecified atom stereocenters. The Labute approximate surface area is 63.3 Å². The van der Waals surface area contributed by atoms with Crippen LogP contribution in [0.15, 0.2) is 12.5 Å². The average molecular weight is 157 g/mol. The molecule has 0 radical (unpaired) electrons. The van der Waals surface area contributed by atoms with Crippen LogP contribution in [0.4, 0.5) is 0 Å². The third-order valence-corrected chi connectivity index (χ3v) is 1.31. The second-order valence-electron chi connectivity index (χ2n) is 2.23. The van der Waals surface area contributed by atoms with Gasteiger partial charge in [-0.2, -0.15) is 0 Å². The number of carboxylic acid groups (broad SMARTS) is 1. The Morgan fingerprint density at radius 2 is 2.64 bits per heavy atom. The van der Waals surface area contributed by atoms with Crippen LogP contribution >= 0.6 is 0 Å². The molecule has 4 N–H and O–H groups in total. The molecular formula is C6H9N3O2. The molecule has 5 nitrogen and oxygen atoms in total. The molecule has 1 rings (SSSR count). The van der Waals surface area contributed by atoms with Crippen molar-refractivity contribution in [3.05, 3.63) is 18.2 Å². The van der Waals surface area contributed by atoms with Gasteiger partial charge in [0.15, 0.2) is 0 Å². The zero-order chi connectivity index (χ0) is 8.27. The van der Waals surface area contributed by atoms with E-state index in [1.165, 1.54) is 6.33 Å². The topological polar surface area (TPSA) is 92.0 Å². The number of rotatable bonds is 3. The van der Waals surface area contributed by atoms with Gasteiger partial charge in [-0.15, -0.1) is 0 Å². The summed E-state index contributed by atoms with van der Waals surface area (Å²) >= 11 is 0. The molecule has 1 heterocycles. The van der Waals surface area contributed by atoms with E-state index in [4.69, 9.17) is 10.8 Å². The number of carboxylic acids is 1. The molecule has 1 atom stereocenters. The highest BCUT2D eigenvalue weighted by Gasteiger charge is 2.11. The van der Waals surface area contributed by atoms with Crippen molar-refractivity contribution in [3.8, 4) is 0 Å². The van der Waals surface area contributed by atoms with Crippen molar-refractivity contribution in [1.29, 1.82) is 0 Å². The van der Waals surface area contributed by atoms with E-state index in [2.05, 4.69) is 9.97 Å². The maximum absolute atomic E-state index is 10.3. The van der Waals surface area contributed by atoms with E-state index >= 15 is 0 Å². The summed E-state index contributed by atoms with van der Waals surface area (Å²) in [5.74, 6) is -1.00. The Bertz CT molecular complexity index is 232. The van der Waals surface area contributed by atoms with Crippen molar-refractivity contribution in [2.24, 2.45) is 5.73 Å². The van der Waals surface area contributed by atoms with Crippen molar-refractivity contribution < 1.29 is 9.90 Å². The largest absolute Gasteiger partial charge is 0.480 e. The van der Waals surface area contributed by atoms with Crippen LogP contribution in [-0.2, 0) is 11.2 Å². The highest BCUT2D eigenvalue weighted by molar-refractivity contribution is 5.73. The normalized spacial score (nSPS) is 12.8. The number of nitrogens with one attached hydrogen (secondary N) is 1. The monoisotopic (exact) mass is 157 g/mol. The van der Waals surface area contributed by atoms with Crippen LogP contribution in [0.3, 0.4) is 0 Å². The molecule has 0 amide bonds. The van der Waals surface area contributed by atoms with Gasteiger partial charge in [0.1, 0.15) is 6.04 Å². The van der Waals surface area contributed by atoms with Gasteiger partial charge in [-0.1, -0.05) is 0 Å². The van der Waals surface area contributed by atoms with Crippen LogP contribution in [0.25, 0.3) is 0 Å². The van der Waals surface area contributed by atoms with E-state index in [9.17, 15) is 4.79 Å². The molecule has 0 aliphatic rings. The molecule has 11 heavy (non-hydrogen) atoms. The molecule has 0 aliphatic heterocycles. The van der Waals surface area contributed by atoms with Gasteiger partial charge >= 0.3 is 5.97 Å². The Morgan fingerprint density at radius 3 is 3.09 bits per heavy atom. The number of hydrogen-bond donors (Lipinski definition) is 3. The Kier molecular flexibility index (Phi) is 2.22. The van der Waals surface area contributed by atoms with Crippen molar-refractivity contribution in [2.45, 2.75) is 12.5 Å². The Hall–Kier alpha value is -1.36. The molecule has 5 heteroatoms. The van der Waals surface area contributed by atoms with Gasteiger partial charge in [0.2, 0.25) is 0 Å². The molecule has 0 spiro atoms. The lowest BCUT2D eigenvalue weighted by atomic mass is 10.2. The first-order chi connectivity index (χ1) is 5.20. The SMILES string of the molecule is NC(Cc1c[15n]c[15nH]1)C(=O)O. The fourth-order valence-electron chi connectivity index (χ4n) is 0.721. The fraction of sp³-hybridized carbons (Fsp3) is 0.333. The van der Waals surface area contributed by atoms with Crippen molar-refractivity contribution in [1.82, 2.24) is 9.97 Å². The highest BCUT2D eigenvalue weighted by Crippen LogP contribution is 1.95. The van der Waals surface area contributed by atoms with Crippen molar-refractivity contribution in [2.75, 3.05) is 0 Å².